The maximum Gasteiger partial charge on any atom is 0.291 e. The third-order valence-corrected chi connectivity index (χ3v) is 5.85. The van der Waals surface area contributed by atoms with Gasteiger partial charge in [-0.25, -0.2) is 9.67 Å². The molecule has 4 aromatic rings. The molecular weight excluding hydrogens is 400 g/mol. The second-order valence-corrected chi connectivity index (χ2v) is 7.58. The molecule has 0 spiro atoms. The number of H-pyrrole nitrogens is 1. The summed E-state index contributed by atoms with van der Waals surface area (Å²) in [5.41, 5.74) is 3.88. The summed E-state index contributed by atoms with van der Waals surface area (Å²) in [5.74, 6) is 0. The topological polar surface area (TPSA) is 102 Å². The number of nitrogens with zero attached hydrogens (tertiary/aromatic N) is 5. The number of nitrogens with one attached hydrogen (secondary N) is 1. The predicted molar refractivity (Wildman–Crippen MR) is 122 cm³/mol. The van der Waals surface area contributed by atoms with Gasteiger partial charge in [0.1, 0.15) is 5.52 Å². The number of fused-ring (bicyclic) bond motifs is 3. The van der Waals surface area contributed by atoms with Gasteiger partial charge in [-0.05, 0) is 12.5 Å². The smallest absolute Gasteiger partial charge is 0.291 e. The number of hydrogen-bond acceptors (Lipinski definition) is 6. The Hall–Kier alpha value is -3.04. The zero-order valence-electron chi connectivity index (χ0n) is 17.6. The fourth-order valence-electron chi connectivity index (χ4n) is 3.35. The minimum atomic E-state index is -0.176. The zero-order valence-corrected chi connectivity index (χ0v) is 18.5. The minimum Gasteiger partial charge on any atom is -0.396 e. The molecule has 4 aromatic heterocycles. The lowest BCUT2D eigenvalue weighted by molar-refractivity contribution is 0.299. The van der Waals surface area contributed by atoms with Crippen molar-refractivity contribution in [1.29, 1.82) is 0 Å². The molecular formula is C21H26N6O2S. The van der Waals surface area contributed by atoms with Crippen molar-refractivity contribution in [3.63, 3.8) is 0 Å². The van der Waals surface area contributed by atoms with Crippen molar-refractivity contribution in [2.24, 2.45) is 7.05 Å². The van der Waals surface area contributed by atoms with E-state index in [1.54, 1.807) is 18.5 Å². The Kier molecular flexibility index (Phi) is 6.63. The van der Waals surface area contributed by atoms with Crippen LogP contribution >= 0.6 is 11.3 Å². The summed E-state index contributed by atoms with van der Waals surface area (Å²) in [7, 11) is 1.83. The van der Waals surface area contributed by atoms with Crippen LogP contribution in [0.3, 0.4) is 0 Å². The van der Waals surface area contributed by atoms with Crippen molar-refractivity contribution in [1.82, 2.24) is 29.5 Å². The molecule has 0 fully saturated rings. The first-order valence-corrected chi connectivity index (χ1v) is 10.6. The molecule has 0 atom stereocenters. The van der Waals surface area contributed by atoms with Gasteiger partial charge in [-0.1, -0.05) is 32.6 Å². The van der Waals surface area contributed by atoms with E-state index < -0.39 is 0 Å². The lowest BCUT2D eigenvalue weighted by Crippen LogP contribution is -2.24. The van der Waals surface area contributed by atoms with Gasteiger partial charge >= 0.3 is 0 Å². The molecule has 0 amide bonds. The quantitative estimate of drug-likeness (QED) is 0.461. The van der Waals surface area contributed by atoms with Crippen LogP contribution in [-0.4, -0.2) is 41.2 Å². The van der Waals surface area contributed by atoms with Crippen LogP contribution in [0.15, 0.2) is 35.9 Å². The van der Waals surface area contributed by atoms with E-state index in [4.69, 9.17) is 5.11 Å². The number of hydrogen-bond donors (Lipinski definition) is 2. The third kappa shape index (κ3) is 3.73. The summed E-state index contributed by atoms with van der Waals surface area (Å²) in [6.07, 6.45) is 7.51. The molecule has 4 heterocycles. The first-order chi connectivity index (χ1) is 14.5. The van der Waals surface area contributed by atoms with Crippen LogP contribution in [0.4, 0.5) is 0 Å². The predicted octanol–water partition coefficient (Wildman–Crippen LogP) is 3.21. The summed E-state index contributed by atoms with van der Waals surface area (Å²) >= 11 is 1.49. The summed E-state index contributed by atoms with van der Waals surface area (Å²) in [5, 5.41) is 22.2. The van der Waals surface area contributed by atoms with Crippen molar-refractivity contribution in [3.05, 3.63) is 57.7 Å². The summed E-state index contributed by atoms with van der Waals surface area (Å²) in [4.78, 5) is 17.7. The molecule has 0 aromatic carbocycles. The first kappa shape index (κ1) is 21.7. The summed E-state index contributed by atoms with van der Waals surface area (Å²) < 4.78 is 4.18. The van der Waals surface area contributed by atoms with Crippen LogP contribution in [0.25, 0.3) is 26.8 Å². The number of aliphatic hydroxyl groups is 1. The fraction of sp³-hybridized carbons (Fsp3) is 0.333. The van der Waals surface area contributed by atoms with Gasteiger partial charge in [-0.2, -0.15) is 10.2 Å². The van der Waals surface area contributed by atoms with Crippen LogP contribution < -0.4 is 5.56 Å². The van der Waals surface area contributed by atoms with E-state index in [2.05, 4.69) is 26.9 Å². The van der Waals surface area contributed by atoms with Crippen molar-refractivity contribution < 1.29 is 5.11 Å². The minimum absolute atomic E-state index is 0.0503. The molecule has 0 aliphatic heterocycles. The molecule has 0 aliphatic rings. The molecule has 0 unspecified atom stereocenters. The Morgan fingerprint density at radius 2 is 2.13 bits per heavy atom. The van der Waals surface area contributed by atoms with Gasteiger partial charge in [-0.3, -0.25) is 9.89 Å². The fourth-order valence-corrected chi connectivity index (χ4v) is 4.45. The molecule has 30 heavy (non-hydrogen) atoms. The van der Waals surface area contributed by atoms with Crippen LogP contribution in [0, 0.1) is 6.92 Å². The Morgan fingerprint density at radius 3 is 2.77 bits per heavy atom. The maximum atomic E-state index is 13.2. The van der Waals surface area contributed by atoms with Crippen molar-refractivity contribution >= 4 is 38.2 Å². The third-order valence-electron chi connectivity index (χ3n) is 4.71. The average Bonchev–Trinajstić information content (AvgIpc) is 3.42. The largest absolute Gasteiger partial charge is 0.396 e. The molecule has 0 aliphatic carbocycles. The van der Waals surface area contributed by atoms with Gasteiger partial charge in [-0.15, -0.1) is 11.3 Å². The molecule has 9 heteroatoms. The van der Waals surface area contributed by atoms with Crippen LogP contribution in [0.5, 0.6) is 0 Å². The van der Waals surface area contributed by atoms with E-state index in [0.717, 1.165) is 37.6 Å². The maximum absolute atomic E-state index is 13.2. The van der Waals surface area contributed by atoms with Crippen molar-refractivity contribution in [3.8, 4) is 0 Å². The molecule has 2 N–H and O–H groups in total. The number of aryl methyl sites for hydroxylation is 2. The SMILES string of the molecule is C=C/C=C(/Cn1ncc2c3sc(CCO)nc3n(C)c2c1=O)c1cn[nH]c1C.CC. The highest BCUT2D eigenvalue weighted by Crippen LogP contribution is 2.31. The van der Waals surface area contributed by atoms with E-state index in [1.807, 2.05) is 38.5 Å². The van der Waals surface area contributed by atoms with E-state index in [1.165, 1.54) is 16.0 Å². The van der Waals surface area contributed by atoms with E-state index in [9.17, 15) is 4.79 Å². The van der Waals surface area contributed by atoms with E-state index >= 15 is 0 Å². The van der Waals surface area contributed by atoms with Crippen LogP contribution in [0.2, 0.25) is 0 Å². The van der Waals surface area contributed by atoms with Gasteiger partial charge in [0.25, 0.3) is 5.56 Å². The highest BCUT2D eigenvalue weighted by molar-refractivity contribution is 7.19. The van der Waals surface area contributed by atoms with Gasteiger partial charge in [0.05, 0.1) is 28.6 Å². The zero-order chi connectivity index (χ0) is 21.8. The Labute approximate surface area is 178 Å². The highest BCUT2D eigenvalue weighted by Gasteiger charge is 2.19. The van der Waals surface area contributed by atoms with Crippen molar-refractivity contribution in [2.75, 3.05) is 6.61 Å². The lowest BCUT2D eigenvalue weighted by Gasteiger charge is -2.09. The second kappa shape index (κ2) is 9.19. The van der Waals surface area contributed by atoms with Gasteiger partial charge in [0.15, 0.2) is 5.65 Å². The standard InChI is InChI=1S/C19H20N6O2S.C2H6/c1-4-5-12(13-8-20-23-11(13)2)10-25-19(27)16-14(9-21-25)17-18(24(16)3)22-15(28-17)6-7-26;1-2/h4-5,8-9,26H,1,6-7,10H2,2-3H3,(H,20,23);1-2H3/b12-5-;. The first-order valence-electron chi connectivity index (χ1n) is 9.81. The van der Waals surface area contributed by atoms with Crippen LogP contribution in [0.1, 0.15) is 30.1 Å². The Balaban J connectivity index is 0.00000124. The Morgan fingerprint density at radius 1 is 1.37 bits per heavy atom. The molecule has 158 valence electrons. The molecule has 0 radical (unpaired) electrons. The number of aliphatic hydroxyl groups excluding tert-OH is 1. The number of allylic oxidation sites excluding steroid dienone is 3. The van der Waals surface area contributed by atoms with Gasteiger partial charge in [0.2, 0.25) is 0 Å². The van der Waals surface area contributed by atoms with Gasteiger partial charge < -0.3 is 9.67 Å². The summed E-state index contributed by atoms with van der Waals surface area (Å²) in [6.45, 7) is 10.1. The lowest BCUT2D eigenvalue weighted by atomic mass is 10.1. The van der Waals surface area contributed by atoms with Crippen molar-refractivity contribution in [2.45, 2.75) is 33.7 Å². The molecule has 4 rings (SSSR count). The highest BCUT2D eigenvalue weighted by atomic mass is 32.1. The van der Waals surface area contributed by atoms with E-state index in [-0.39, 0.29) is 12.2 Å². The number of rotatable bonds is 6. The number of thiazole rings is 1. The van der Waals surface area contributed by atoms with E-state index in [0.29, 0.717) is 18.5 Å². The number of aromatic amines is 1. The molecule has 8 nitrogen and oxygen atoms in total. The van der Waals surface area contributed by atoms with Crippen LogP contribution in [-0.2, 0) is 20.0 Å². The Bertz CT molecular complexity index is 1270. The van der Waals surface area contributed by atoms with Gasteiger partial charge in [0, 0.05) is 36.7 Å². The summed E-state index contributed by atoms with van der Waals surface area (Å²) in [6, 6.07) is 0. The monoisotopic (exact) mass is 426 g/mol. The molecule has 0 bridgehead atoms. The number of aromatic nitrogens is 6. The average molecular weight is 427 g/mol. The second-order valence-electron chi connectivity index (χ2n) is 6.50. The molecule has 0 saturated heterocycles. The normalized spacial score (nSPS) is 11.7. The molecule has 0 saturated carbocycles.